The fourth-order valence-corrected chi connectivity index (χ4v) is 1.79. The Bertz CT molecular complexity index is 292. The minimum absolute atomic E-state index is 0.573. The molecule has 78 valence electrons. The number of nitrogens with two attached hydrogens (primary N) is 1. The molecule has 3 nitrogen and oxygen atoms in total. The number of aromatic nitrogens is 1. The largest absolute Gasteiger partial charge is 0.396 e. The van der Waals surface area contributed by atoms with Crippen molar-refractivity contribution in [1.82, 2.24) is 4.98 Å². The third-order valence-electron chi connectivity index (χ3n) is 1.92. The van der Waals surface area contributed by atoms with E-state index in [4.69, 9.17) is 17.3 Å². The first-order valence-corrected chi connectivity index (χ1v) is 5.00. The van der Waals surface area contributed by atoms with Gasteiger partial charge in [-0.2, -0.15) is 0 Å². The van der Waals surface area contributed by atoms with Crippen LogP contribution in [0.2, 0.25) is 5.02 Å². The summed E-state index contributed by atoms with van der Waals surface area (Å²) in [6.07, 6.45) is 3.24. The van der Waals surface area contributed by atoms with Gasteiger partial charge in [-0.25, -0.2) is 0 Å². The number of hydrogen-bond acceptors (Lipinski definition) is 3. The molecular weight excluding hydrogens is 198 g/mol. The molecule has 0 radical (unpaired) electrons. The van der Waals surface area contributed by atoms with Crippen LogP contribution in [-0.2, 0) is 0 Å². The summed E-state index contributed by atoms with van der Waals surface area (Å²) in [6, 6.07) is 0. The van der Waals surface area contributed by atoms with Gasteiger partial charge in [0.15, 0.2) is 0 Å². The van der Waals surface area contributed by atoms with Crippen LogP contribution in [0.5, 0.6) is 0 Å². The summed E-state index contributed by atoms with van der Waals surface area (Å²) in [5.74, 6) is 0.573. The molecule has 0 unspecified atom stereocenters. The van der Waals surface area contributed by atoms with Crippen LogP contribution >= 0.6 is 11.6 Å². The van der Waals surface area contributed by atoms with Gasteiger partial charge in [-0.3, -0.25) is 4.98 Å². The Kier molecular flexibility index (Phi) is 3.58. The lowest BCUT2D eigenvalue weighted by atomic mass is 10.2. The average molecular weight is 214 g/mol. The topological polar surface area (TPSA) is 42.1 Å². The highest BCUT2D eigenvalue weighted by Crippen LogP contribution is 2.30. The number of hydrogen-bond donors (Lipinski definition) is 1. The second kappa shape index (κ2) is 4.51. The number of rotatable bonds is 3. The Morgan fingerprint density at radius 2 is 2.14 bits per heavy atom. The summed E-state index contributed by atoms with van der Waals surface area (Å²) < 4.78 is 0. The molecule has 0 saturated carbocycles. The van der Waals surface area contributed by atoms with Crippen molar-refractivity contribution in [2.45, 2.75) is 13.8 Å². The lowest BCUT2D eigenvalue weighted by Crippen LogP contribution is -2.23. The van der Waals surface area contributed by atoms with Crippen molar-refractivity contribution in [3.63, 3.8) is 0 Å². The Morgan fingerprint density at radius 3 is 2.64 bits per heavy atom. The molecule has 0 aliphatic rings. The highest BCUT2D eigenvalue weighted by atomic mass is 35.5. The van der Waals surface area contributed by atoms with E-state index in [0.29, 0.717) is 16.6 Å². The maximum Gasteiger partial charge on any atom is 0.0843 e. The van der Waals surface area contributed by atoms with Gasteiger partial charge in [-0.1, -0.05) is 25.4 Å². The molecular formula is C10H16ClN3. The van der Waals surface area contributed by atoms with E-state index in [1.165, 1.54) is 0 Å². The minimum atomic E-state index is 0.573. The first-order chi connectivity index (χ1) is 6.52. The van der Waals surface area contributed by atoms with E-state index in [-0.39, 0.29) is 0 Å². The van der Waals surface area contributed by atoms with Crippen LogP contribution in [0.3, 0.4) is 0 Å². The fourth-order valence-electron chi connectivity index (χ4n) is 1.48. The molecule has 0 atom stereocenters. The van der Waals surface area contributed by atoms with Gasteiger partial charge in [0.1, 0.15) is 0 Å². The maximum absolute atomic E-state index is 6.02. The molecule has 1 aromatic heterocycles. The predicted octanol–water partition coefficient (Wildman–Crippen LogP) is 2.41. The molecule has 0 fully saturated rings. The highest BCUT2D eigenvalue weighted by molar-refractivity contribution is 6.33. The van der Waals surface area contributed by atoms with E-state index >= 15 is 0 Å². The molecule has 14 heavy (non-hydrogen) atoms. The van der Waals surface area contributed by atoms with Crippen LogP contribution < -0.4 is 10.6 Å². The molecule has 0 aliphatic carbocycles. The van der Waals surface area contributed by atoms with Gasteiger partial charge in [0.25, 0.3) is 0 Å². The highest BCUT2D eigenvalue weighted by Gasteiger charge is 2.11. The van der Waals surface area contributed by atoms with Crippen LogP contribution in [0, 0.1) is 5.92 Å². The van der Waals surface area contributed by atoms with Gasteiger partial charge >= 0.3 is 0 Å². The normalized spacial score (nSPS) is 10.6. The standard InChI is InChI=1S/C10H16ClN3/c1-7(2)6-14(3)10-8(11)4-13-5-9(10)12/h4-5,7H,6,12H2,1-3H3. The van der Waals surface area contributed by atoms with Gasteiger partial charge in [0, 0.05) is 19.8 Å². The molecule has 0 aliphatic heterocycles. The maximum atomic E-state index is 6.02. The second-order valence-electron chi connectivity index (χ2n) is 3.83. The zero-order valence-electron chi connectivity index (χ0n) is 8.79. The van der Waals surface area contributed by atoms with Crippen molar-refractivity contribution in [3.05, 3.63) is 17.4 Å². The molecule has 0 amide bonds. The molecule has 2 N–H and O–H groups in total. The molecule has 1 aromatic rings. The number of nitrogens with zero attached hydrogens (tertiary/aromatic N) is 2. The van der Waals surface area contributed by atoms with Crippen molar-refractivity contribution < 1.29 is 0 Å². The van der Waals surface area contributed by atoms with Crippen molar-refractivity contribution >= 4 is 23.0 Å². The van der Waals surface area contributed by atoms with Gasteiger partial charge in [-0.15, -0.1) is 0 Å². The summed E-state index contributed by atoms with van der Waals surface area (Å²) in [5, 5.41) is 0.605. The fraction of sp³-hybridized carbons (Fsp3) is 0.500. The average Bonchev–Trinajstić information content (AvgIpc) is 2.01. The molecule has 0 spiro atoms. The lowest BCUT2D eigenvalue weighted by Gasteiger charge is -2.23. The monoisotopic (exact) mass is 213 g/mol. The molecule has 0 saturated heterocycles. The quantitative estimate of drug-likeness (QED) is 0.839. The van der Waals surface area contributed by atoms with E-state index in [1.54, 1.807) is 12.4 Å². The predicted molar refractivity (Wildman–Crippen MR) is 61.8 cm³/mol. The van der Waals surface area contributed by atoms with Crippen molar-refractivity contribution in [2.24, 2.45) is 5.92 Å². The molecule has 1 rings (SSSR count). The van der Waals surface area contributed by atoms with Crippen molar-refractivity contribution in [1.29, 1.82) is 0 Å². The minimum Gasteiger partial charge on any atom is -0.396 e. The summed E-state index contributed by atoms with van der Waals surface area (Å²) >= 11 is 6.02. The zero-order valence-corrected chi connectivity index (χ0v) is 9.54. The summed E-state index contributed by atoms with van der Waals surface area (Å²) in [4.78, 5) is 5.98. The third kappa shape index (κ3) is 2.51. The van der Waals surface area contributed by atoms with Crippen LogP contribution in [0.4, 0.5) is 11.4 Å². The molecule has 0 aromatic carbocycles. The van der Waals surface area contributed by atoms with Gasteiger partial charge < -0.3 is 10.6 Å². The van der Waals surface area contributed by atoms with Crippen LogP contribution in [-0.4, -0.2) is 18.6 Å². The first kappa shape index (κ1) is 11.1. The Morgan fingerprint density at radius 1 is 1.50 bits per heavy atom. The van der Waals surface area contributed by atoms with E-state index in [0.717, 1.165) is 12.2 Å². The van der Waals surface area contributed by atoms with E-state index in [2.05, 4.69) is 23.7 Å². The molecule has 4 heteroatoms. The van der Waals surface area contributed by atoms with Gasteiger partial charge in [0.05, 0.1) is 22.6 Å². The Balaban J connectivity index is 2.94. The smallest absolute Gasteiger partial charge is 0.0843 e. The number of pyridine rings is 1. The lowest BCUT2D eigenvalue weighted by molar-refractivity contribution is 0.639. The molecule has 1 heterocycles. The summed E-state index contributed by atoms with van der Waals surface area (Å²) in [5.41, 5.74) is 7.31. The van der Waals surface area contributed by atoms with Gasteiger partial charge in [-0.05, 0) is 5.92 Å². The second-order valence-corrected chi connectivity index (χ2v) is 4.24. The first-order valence-electron chi connectivity index (χ1n) is 4.62. The third-order valence-corrected chi connectivity index (χ3v) is 2.20. The SMILES string of the molecule is CC(C)CN(C)c1c(N)cncc1Cl. The Labute approximate surface area is 89.9 Å². The van der Waals surface area contributed by atoms with E-state index < -0.39 is 0 Å². The number of halogens is 1. The van der Waals surface area contributed by atoms with Crippen LogP contribution in [0.1, 0.15) is 13.8 Å². The van der Waals surface area contributed by atoms with Crippen molar-refractivity contribution in [3.8, 4) is 0 Å². The molecule has 0 bridgehead atoms. The van der Waals surface area contributed by atoms with Crippen LogP contribution in [0.15, 0.2) is 12.4 Å². The van der Waals surface area contributed by atoms with E-state index in [1.807, 2.05) is 7.05 Å². The zero-order chi connectivity index (χ0) is 10.7. The van der Waals surface area contributed by atoms with Crippen LogP contribution in [0.25, 0.3) is 0 Å². The summed E-state index contributed by atoms with van der Waals surface area (Å²) in [7, 11) is 1.98. The number of anilines is 2. The summed E-state index contributed by atoms with van der Waals surface area (Å²) in [6.45, 7) is 5.23. The van der Waals surface area contributed by atoms with Gasteiger partial charge in [0.2, 0.25) is 0 Å². The van der Waals surface area contributed by atoms with Crippen molar-refractivity contribution in [2.75, 3.05) is 24.2 Å². The Hall–Kier alpha value is -0.960. The van der Waals surface area contributed by atoms with E-state index in [9.17, 15) is 0 Å². The number of nitrogen functional groups attached to an aromatic ring is 1.